The monoisotopic (exact) mass is 202 g/mol. The summed E-state index contributed by atoms with van der Waals surface area (Å²) in [4.78, 5) is 0. The first-order valence-corrected chi connectivity index (χ1v) is 6.03. The highest BCUT2D eigenvalue weighted by atomic mass is 14.0. The topological polar surface area (TPSA) is 0 Å². The SMILES string of the molecule is CCCC(=Cc1ccccc1C)CCC. The summed E-state index contributed by atoms with van der Waals surface area (Å²) in [5.41, 5.74) is 4.35. The van der Waals surface area contributed by atoms with Gasteiger partial charge in [0.1, 0.15) is 0 Å². The van der Waals surface area contributed by atoms with Gasteiger partial charge in [-0.25, -0.2) is 0 Å². The van der Waals surface area contributed by atoms with Gasteiger partial charge in [-0.15, -0.1) is 0 Å². The van der Waals surface area contributed by atoms with Crippen molar-refractivity contribution in [3.8, 4) is 0 Å². The minimum Gasteiger partial charge on any atom is -0.0696 e. The maximum Gasteiger partial charge on any atom is -0.0228 e. The van der Waals surface area contributed by atoms with Crippen LogP contribution in [0.1, 0.15) is 50.7 Å². The van der Waals surface area contributed by atoms with Crippen molar-refractivity contribution in [3.63, 3.8) is 0 Å². The molecule has 1 rings (SSSR count). The van der Waals surface area contributed by atoms with Crippen molar-refractivity contribution in [3.05, 3.63) is 41.0 Å². The lowest BCUT2D eigenvalue weighted by Gasteiger charge is -2.06. The third kappa shape index (κ3) is 3.91. The minimum atomic E-state index is 1.24. The molecular formula is C15H22. The molecule has 1 aromatic carbocycles. The van der Waals surface area contributed by atoms with Gasteiger partial charge in [0.2, 0.25) is 0 Å². The van der Waals surface area contributed by atoms with Crippen molar-refractivity contribution in [1.82, 2.24) is 0 Å². The van der Waals surface area contributed by atoms with Crippen LogP contribution in [0.25, 0.3) is 6.08 Å². The number of benzene rings is 1. The average Bonchev–Trinajstić information content (AvgIpc) is 2.22. The third-order valence-corrected chi connectivity index (χ3v) is 2.69. The van der Waals surface area contributed by atoms with E-state index in [9.17, 15) is 0 Å². The van der Waals surface area contributed by atoms with Gasteiger partial charge >= 0.3 is 0 Å². The normalized spacial score (nSPS) is 10.1. The second-order valence-electron chi connectivity index (χ2n) is 4.16. The molecule has 0 aliphatic rings. The first-order chi connectivity index (χ1) is 7.27. The van der Waals surface area contributed by atoms with E-state index in [2.05, 4.69) is 51.1 Å². The van der Waals surface area contributed by atoms with E-state index in [-0.39, 0.29) is 0 Å². The maximum atomic E-state index is 2.38. The fourth-order valence-electron chi connectivity index (χ4n) is 1.88. The molecule has 0 N–H and O–H groups in total. The van der Waals surface area contributed by atoms with Crippen LogP contribution in [-0.4, -0.2) is 0 Å². The van der Waals surface area contributed by atoms with Gasteiger partial charge in [0, 0.05) is 0 Å². The Balaban J connectivity index is 2.86. The second kappa shape index (κ2) is 6.44. The molecule has 82 valence electrons. The van der Waals surface area contributed by atoms with E-state index in [1.54, 1.807) is 5.57 Å². The van der Waals surface area contributed by atoms with Crippen LogP contribution in [0.15, 0.2) is 29.8 Å². The molecule has 0 nitrogen and oxygen atoms in total. The number of allylic oxidation sites excluding steroid dienone is 1. The molecule has 0 fully saturated rings. The highest BCUT2D eigenvalue weighted by molar-refractivity contribution is 5.56. The van der Waals surface area contributed by atoms with Crippen LogP contribution in [0.5, 0.6) is 0 Å². The van der Waals surface area contributed by atoms with E-state index < -0.39 is 0 Å². The standard InChI is InChI=1S/C15H22/c1-4-8-14(9-5-2)12-15-11-7-6-10-13(15)3/h6-7,10-12H,4-5,8-9H2,1-3H3. The van der Waals surface area contributed by atoms with Crippen molar-refractivity contribution in [2.75, 3.05) is 0 Å². The zero-order chi connectivity index (χ0) is 11.1. The molecule has 1 aromatic rings. The molecule has 0 spiro atoms. The lowest BCUT2D eigenvalue weighted by molar-refractivity contribution is 0.810. The van der Waals surface area contributed by atoms with Gasteiger partial charge < -0.3 is 0 Å². The first-order valence-electron chi connectivity index (χ1n) is 6.03. The molecule has 0 aliphatic heterocycles. The fourth-order valence-corrected chi connectivity index (χ4v) is 1.88. The summed E-state index contributed by atoms with van der Waals surface area (Å²) >= 11 is 0. The maximum absolute atomic E-state index is 2.38. The van der Waals surface area contributed by atoms with Crippen LogP contribution in [-0.2, 0) is 0 Å². The average molecular weight is 202 g/mol. The minimum absolute atomic E-state index is 1.24. The van der Waals surface area contributed by atoms with Crippen LogP contribution in [0, 0.1) is 6.92 Å². The Morgan fingerprint density at radius 2 is 1.67 bits per heavy atom. The van der Waals surface area contributed by atoms with Crippen molar-refractivity contribution < 1.29 is 0 Å². The van der Waals surface area contributed by atoms with Crippen LogP contribution in [0.4, 0.5) is 0 Å². The van der Waals surface area contributed by atoms with E-state index in [0.29, 0.717) is 0 Å². The Hall–Kier alpha value is -1.04. The van der Waals surface area contributed by atoms with Gasteiger partial charge in [-0.05, 0) is 30.9 Å². The Kier molecular flexibility index (Phi) is 5.17. The number of aryl methyl sites for hydroxylation is 1. The summed E-state index contributed by atoms with van der Waals surface area (Å²) in [5.74, 6) is 0. The summed E-state index contributed by atoms with van der Waals surface area (Å²) in [6.45, 7) is 6.68. The Morgan fingerprint density at radius 3 is 2.20 bits per heavy atom. The smallest absolute Gasteiger partial charge is 0.0228 e. The molecule has 0 aromatic heterocycles. The van der Waals surface area contributed by atoms with Gasteiger partial charge in [-0.1, -0.05) is 62.6 Å². The predicted octanol–water partition coefficient (Wildman–Crippen LogP) is 4.98. The molecule has 0 saturated heterocycles. The molecule has 0 heteroatoms. The van der Waals surface area contributed by atoms with Crippen molar-refractivity contribution in [2.24, 2.45) is 0 Å². The largest absolute Gasteiger partial charge is 0.0696 e. The summed E-state index contributed by atoms with van der Waals surface area (Å²) in [6, 6.07) is 8.61. The Morgan fingerprint density at radius 1 is 1.07 bits per heavy atom. The Bertz CT molecular complexity index is 313. The highest BCUT2D eigenvalue weighted by Gasteiger charge is 1.97. The van der Waals surface area contributed by atoms with Gasteiger partial charge in [-0.2, -0.15) is 0 Å². The predicted molar refractivity (Wildman–Crippen MR) is 69.0 cm³/mol. The summed E-state index contributed by atoms with van der Waals surface area (Å²) in [7, 11) is 0. The molecule has 0 amide bonds. The van der Waals surface area contributed by atoms with E-state index in [0.717, 1.165) is 0 Å². The molecule has 0 saturated carbocycles. The van der Waals surface area contributed by atoms with Crippen LogP contribution in [0.3, 0.4) is 0 Å². The number of rotatable bonds is 5. The molecule has 0 aliphatic carbocycles. The van der Waals surface area contributed by atoms with E-state index in [1.807, 2.05) is 0 Å². The lowest BCUT2D eigenvalue weighted by Crippen LogP contribution is -1.85. The quantitative estimate of drug-likeness (QED) is 0.631. The summed E-state index contributed by atoms with van der Waals surface area (Å²) in [5, 5.41) is 0. The van der Waals surface area contributed by atoms with Crippen LogP contribution < -0.4 is 0 Å². The highest BCUT2D eigenvalue weighted by Crippen LogP contribution is 2.18. The molecule has 0 atom stereocenters. The van der Waals surface area contributed by atoms with Crippen molar-refractivity contribution >= 4 is 6.08 Å². The number of hydrogen-bond acceptors (Lipinski definition) is 0. The fraction of sp³-hybridized carbons (Fsp3) is 0.467. The lowest BCUT2D eigenvalue weighted by atomic mass is 10.00. The zero-order valence-corrected chi connectivity index (χ0v) is 10.2. The Labute approximate surface area is 94.0 Å². The van der Waals surface area contributed by atoms with Crippen LogP contribution >= 0.6 is 0 Å². The molecule has 15 heavy (non-hydrogen) atoms. The molecular weight excluding hydrogens is 180 g/mol. The third-order valence-electron chi connectivity index (χ3n) is 2.69. The van der Waals surface area contributed by atoms with Gasteiger partial charge in [0.15, 0.2) is 0 Å². The van der Waals surface area contributed by atoms with E-state index in [4.69, 9.17) is 0 Å². The van der Waals surface area contributed by atoms with Crippen molar-refractivity contribution in [2.45, 2.75) is 46.5 Å². The molecule has 0 bridgehead atoms. The van der Waals surface area contributed by atoms with Crippen LogP contribution in [0.2, 0.25) is 0 Å². The van der Waals surface area contributed by atoms with Crippen molar-refractivity contribution in [1.29, 1.82) is 0 Å². The molecule has 0 unspecified atom stereocenters. The second-order valence-corrected chi connectivity index (χ2v) is 4.16. The van der Waals surface area contributed by atoms with Gasteiger partial charge in [0.25, 0.3) is 0 Å². The van der Waals surface area contributed by atoms with Gasteiger partial charge in [-0.3, -0.25) is 0 Å². The number of hydrogen-bond donors (Lipinski definition) is 0. The first kappa shape index (κ1) is 12.0. The summed E-state index contributed by atoms with van der Waals surface area (Å²) < 4.78 is 0. The van der Waals surface area contributed by atoms with Gasteiger partial charge in [0.05, 0.1) is 0 Å². The van der Waals surface area contributed by atoms with E-state index in [1.165, 1.54) is 36.8 Å². The zero-order valence-electron chi connectivity index (χ0n) is 10.2. The summed E-state index contributed by atoms with van der Waals surface area (Å²) in [6.07, 6.45) is 7.35. The molecule has 0 radical (unpaired) electrons. The molecule has 0 heterocycles. The van der Waals surface area contributed by atoms with E-state index >= 15 is 0 Å².